The van der Waals surface area contributed by atoms with Crippen LogP contribution >= 0.6 is 22.9 Å². The fourth-order valence-corrected chi connectivity index (χ4v) is 6.03. The Balaban J connectivity index is 1.64. The number of nitrogens with zero attached hydrogens (tertiary/aromatic N) is 3. The maximum atomic E-state index is 13.1. The predicted molar refractivity (Wildman–Crippen MR) is 97.5 cm³/mol. The first-order valence-corrected chi connectivity index (χ1v) is 10.4. The minimum Gasteiger partial charge on any atom is -0.371 e. The second-order valence-corrected chi connectivity index (χ2v) is 9.60. The SMILES string of the molecule is Cn1cc([C@H]2CN(S(=O)(=O)c3cc4cc(Cl)ccc4s3)CCO2)cn1. The third kappa shape index (κ3) is 3.20. The van der Waals surface area contributed by atoms with Gasteiger partial charge in [0.1, 0.15) is 4.21 Å². The van der Waals surface area contributed by atoms with Gasteiger partial charge in [0.2, 0.25) is 0 Å². The molecule has 1 atom stereocenters. The number of rotatable bonds is 3. The van der Waals surface area contributed by atoms with Gasteiger partial charge in [-0.25, -0.2) is 8.42 Å². The molecule has 25 heavy (non-hydrogen) atoms. The average molecular weight is 398 g/mol. The third-order valence-electron chi connectivity index (χ3n) is 4.18. The molecular formula is C16H16ClN3O3S2. The minimum atomic E-state index is -3.57. The van der Waals surface area contributed by atoms with Crippen LogP contribution in [0.5, 0.6) is 0 Å². The van der Waals surface area contributed by atoms with Crippen LogP contribution in [0.3, 0.4) is 0 Å². The molecule has 3 aromatic rings. The van der Waals surface area contributed by atoms with Gasteiger partial charge in [-0.2, -0.15) is 9.40 Å². The minimum absolute atomic E-state index is 0.281. The van der Waals surface area contributed by atoms with Crippen LogP contribution in [-0.2, 0) is 21.8 Å². The van der Waals surface area contributed by atoms with E-state index >= 15 is 0 Å². The van der Waals surface area contributed by atoms with E-state index in [-0.39, 0.29) is 12.6 Å². The highest BCUT2D eigenvalue weighted by molar-refractivity contribution is 7.91. The van der Waals surface area contributed by atoms with E-state index in [0.29, 0.717) is 22.4 Å². The zero-order valence-electron chi connectivity index (χ0n) is 13.4. The Bertz CT molecular complexity index is 1030. The van der Waals surface area contributed by atoms with E-state index in [1.165, 1.54) is 15.6 Å². The molecule has 3 heterocycles. The molecule has 9 heteroatoms. The van der Waals surface area contributed by atoms with Gasteiger partial charge >= 0.3 is 0 Å². The molecule has 6 nitrogen and oxygen atoms in total. The number of hydrogen-bond donors (Lipinski definition) is 0. The van der Waals surface area contributed by atoms with E-state index in [2.05, 4.69) is 5.10 Å². The van der Waals surface area contributed by atoms with Crippen LogP contribution in [0.25, 0.3) is 10.1 Å². The third-order valence-corrected chi connectivity index (χ3v) is 7.84. The van der Waals surface area contributed by atoms with Gasteiger partial charge in [-0.1, -0.05) is 11.6 Å². The highest BCUT2D eigenvalue weighted by Crippen LogP contribution is 2.34. The first kappa shape index (κ1) is 17.0. The number of aromatic nitrogens is 2. The van der Waals surface area contributed by atoms with Gasteiger partial charge in [0.25, 0.3) is 10.0 Å². The number of morpholine rings is 1. The highest BCUT2D eigenvalue weighted by Gasteiger charge is 2.33. The molecule has 1 aliphatic heterocycles. The van der Waals surface area contributed by atoms with Crippen molar-refractivity contribution in [3.05, 3.63) is 47.2 Å². The lowest BCUT2D eigenvalue weighted by atomic mass is 10.2. The van der Waals surface area contributed by atoms with E-state index in [1.54, 1.807) is 29.1 Å². The summed E-state index contributed by atoms with van der Waals surface area (Å²) in [6.45, 7) is 0.979. The van der Waals surface area contributed by atoms with Gasteiger partial charge in [0.05, 0.1) is 18.9 Å². The van der Waals surface area contributed by atoms with Crippen molar-refractivity contribution < 1.29 is 13.2 Å². The predicted octanol–water partition coefficient (Wildman–Crippen LogP) is 3.05. The van der Waals surface area contributed by atoms with Crippen LogP contribution in [0.15, 0.2) is 40.9 Å². The summed E-state index contributed by atoms with van der Waals surface area (Å²) in [5.74, 6) is 0. The van der Waals surface area contributed by atoms with Crippen molar-refractivity contribution >= 4 is 43.0 Å². The summed E-state index contributed by atoms with van der Waals surface area (Å²) >= 11 is 7.26. The number of fused-ring (bicyclic) bond motifs is 1. The number of ether oxygens (including phenoxy) is 1. The monoisotopic (exact) mass is 397 g/mol. The summed E-state index contributed by atoms with van der Waals surface area (Å²) in [6, 6.07) is 7.09. The molecular weight excluding hydrogens is 382 g/mol. The molecule has 0 N–H and O–H groups in total. The number of hydrogen-bond acceptors (Lipinski definition) is 5. The van der Waals surface area contributed by atoms with Crippen LogP contribution in [0, 0.1) is 0 Å². The van der Waals surface area contributed by atoms with Crippen molar-refractivity contribution in [3.8, 4) is 0 Å². The van der Waals surface area contributed by atoms with Crippen molar-refractivity contribution in [1.29, 1.82) is 0 Å². The Kier molecular flexibility index (Phi) is 4.33. The van der Waals surface area contributed by atoms with Crippen molar-refractivity contribution in [2.75, 3.05) is 19.7 Å². The number of halogens is 1. The second-order valence-electron chi connectivity index (χ2n) is 5.92. The van der Waals surface area contributed by atoms with Gasteiger partial charge in [0, 0.05) is 41.6 Å². The van der Waals surface area contributed by atoms with E-state index < -0.39 is 10.0 Å². The number of aryl methyl sites for hydroxylation is 1. The lowest BCUT2D eigenvalue weighted by molar-refractivity contribution is -0.00253. The van der Waals surface area contributed by atoms with Crippen LogP contribution in [0.4, 0.5) is 0 Å². The maximum absolute atomic E-state index is 13.1. The van der Waals surface area contributed by atoms with Crippen LogP contribution in [-0.4, -0.2) is 42.2 Å². The molecule has 4 rings (SSSR count). The fraction of sp³-hybridized carbons (Fsp3) is 0.312. The van der Waals surface area contributed by atoms with E-state index in [0.717, 1.165) is 15.6 Å². The standard InChI is InChI=1S/C16H16ClN3O3S2/c1-19-9-12(8-18-19)14-10-20(4-5-23-14)25(21,22)16-7-11-6-13(17)2-3-15(11)24-16/h2-3,6-9,14H,4-5,10H2,1H3/t14-/m1/s1. The molecule has 0 saturated carbocycles. The Morgan fingerprint density at radius 3 is 2.96 bits per heavy atom. The average Bonchev–Trinajstić information content (AvgIpc) is 3.21. The smallest absolute Gasteiger partial charge is 0.252 e. The lowest BCUT2D eigenvalue weighted by Crippen LogP contribution is -2.41. The quantitative estimate of drug-likeness (QED) is 0.681. The summed E-state index contributed by atoms with van der Waals surface area (Å²) in [7, 11) is -1.75. The second kappa shape index (κ2) is 6.37. The molecule has 1 aliphatic rings. The van der Waals surface area contributed by atoms with Gasteiger partial charge in [-0.15, -0.1) is 11.3 Å². The molecule has 1 saturated heterocycles. The molecule has 0 amide bonds. The molecule has 0 radical (unpaired) electrons. The van der Waals surface area contributed by atoms with E-state index in [4.69, 9.17) is 16.3 Å². The summed E-state index contributed by atoms with van der Waals surface area (Å²) in [5.41, 5.74) is 0.880. The summed E-state index contributed by atoms with van der Waals surface area (Å²) < 4.78 is 36.2. The van der Waals surface area contributed by atoms with Crippen molar-refractivity contribution in [2.45, 2.75) is 10.3 Å². The van der Waals surface area contributed by atoms with Crippen molar-refractivity contribution in [3.63, 3.8) is 0 Å². The highest BCUT2D eigenvalue weighted by atomic mass is 35.5. The first-order valence-electron chi connectivity index (χ1n) is 7.73. The largest absolute Gasteiger partial charge is 0.371 e. The topological polar surface area (TPSA) is 64.4 Å². The van der Waals surface area contributed by atoms with Gasteiger partial charge < -0.3 is 4.74 Å². The van der Waals surface area contributed by atoms with Crippen LogP contribution in [0.1, 0.15) is 11.7 Å². The van der Waals surface area contributed by atoms with E-state index in [9.17, 15) is 8.42 Å². The fourth-order valence-electron chi connectivity index (χ4n) is 2.90. The van der Waals surface area contributed by atoms with E-state index in [1.807, 2.05) is 19.3 Å². The zero-order valence-corrected chi connectivity index (χ0v) is 15.8. The summed E-state index contributed by atoms with van der Waals surface area (Å²) in [5, 5.41) is 5.57. The molecule has 0 unspecified atom stereocenters. The summed E-state index contributed by atoms with van der Waals surface area (Å²) in [6.07, 6.45) is 3.26. The molecule has 0 spiro atoms. The summed E-state index contributed by atoms with van der Waals surface area (Å²) in [4.78, 5) is 0. The molecule has 132 valence electrons. The molecule has 1 fully saturated rings. The Morgan fingerprint density at radius 1 is 1.36 bits per heavy atom. The van der Waals surface area contributed by atoms with Gasteiger partial charge in [-0.05, 0) is 29.7 Å². The molecule has 2 aromatic heterocycles. The first-order chi connectivity index (χ1) is 11.9. The van der Waals surface area contributed by atoms with Crippen LogP contribution < -0.4 is 0 Å². The lowest BCUT2D eigenvalue weighted by Gasteiger charge is -2.31. The number of thiophene rings is 1. The zero-order chi connectivity index (χ0) is 17.6. The molecule has 0 aliphatic carbocycles. The normalized spacial score (nSPS) is 19.5. The van der Waals surface area contributed by atoms with Gasteiger partial charge in [0.15, 0.2) is 0 Å². The Morgan fingerprint density at radius 2 is 2.20 bits per heavy atom. The number of benzene rings is 1. The molecule has 0 bridgehead atoms. The van der Waals surface area contributed by atoms with Crippen LogP contribution in [0.2, 0.25) is 5.02 Å². The van der Waals surface area contributed by atoms with Crippen molar-refractivity contribution in [2.24, 2.45) is 7.05 Å². The number of sulfonamides is 1. The Labute approximate surface area is 154 Å². The maximum Gasteiger partial charge on any atom is 0.252 e. The van der Waals surface area contributed by atoms with Crippen molar-refractivity contribution in [1.82, 2.24) is 14.1 Å². The van der Waals surface area contributed by atoms with Gasteiger partial charge in [-0.3, -0.25) is 4.68 Å². The Hall–Kier alpha value is -1.45. The molecule has 1 aromatic carbocycles.